The lowest BCUT2D eigenvalue weighted by molar-refractivity contribution is -0.136. The van der Waals surface area contributed by atoms with Crippen LogP contribution in [0.3, 0.4) is 0 Å². The van der Waals surface area contributed by atoms with Crippen molar-refractivity contribution in [1.29, 1.82) is 0 Å². The van der Waals surface area contributed by atoms with E-state index in [9.17, 15) is 9.59 Å². The molecule has 1 aliphatic heterocycles. The highest BCUT2D eigenvalue weighted by Crippen LogP contribution is 2.39. The predicted octanol–water partition coefficient (Wildman–Crippen LogP) is 5.24. The van der Waals surface area contributed by atoms with Crippen LogP contribution in [0, 0.1) is 5.92 Å². The summed E-state index contributed by atoms with van der Waals surface area (Å²) < 4.78 is 0. The van der Waals surface area contributed by atoms with Crippen molar-refractivity contribution in [3.8, 4) is 0 Å². The number of anilines is 1. The van der Waals surface area contributed by atoms with Gasteiger partial charge in [0.05, 0.1) is 6.04 Å². The second kappa shape index (κ2) is 8.03. The summed E-state index contributed by atoms with van der Waals surface area (Å²) in [6.07, 6.45) is 6.40. The molecule has 1 fully saturated rings. The van der Waals surface area contributed by atoms with Crippen molar-refractivity contribution < 1.29 is 9.59 Å². The fourth-order valence-electron chi connectivity index (χ4n) is 4.23. The van der Waals surface area contributed by atoms with Crippen molar-refractivity contribution in [2.24, 2.45) is 5.92 Å². The van der Waals surface area contributed by atoms with Gasteiger partial charge in [-0.25, -0.2) is 0 Å². The standard InChI is InChI=1S/C21H23ClN2O2S/c22-15-8-9-17-16(12-15)21(18-6-3-11-27-18)24(13-19(25)23-17)20(26)10-7-14-4-1-2-5-14/h3,6,8-9,11-12,14,21H,1-2,4-5,7,10,13H2,(H,23,25). The zero-order chi connectivity index (χ0) is 18.8. The molecule has 1 unspecified atom stereocenters. The Bertz CT molecular complexity index is 831. The van der Waals surface area contributed by atoms with Crippen LogP contribution in [0.25, 0.3) is 0 Å². The third-order valence-electron chi connectivity index (χ3n) is 5.58. The van der Waals surface area contributed by atoms with E-state index in [1.54, 1.807) is 22.3 Å². The Labute approximate surface area is 168 Å². The van der Waals surface area contributed by atoms with Gasteiger partial charge in [0.1, 0.15) is 6.54 Å². The molecule has 2 aliphatic rings. The fraction of sp³-hybridized carbons (Fsp3) is 0.429. The lowest BCUT2D eigenvalue weighted by Gasteiger charge is -2.30. The number of fused-ring (bicyclic) bond motifs is 1. The number of nitrogens with zero attached hydrogens (tertiary/aromatic N) is 1. The number of amides is 2. The Morgan fingerprint density at radius 3 is 2.81 bits per heavy atom. The van der Waals surface area contributed by atoms with E-state index in [-0.39, 0.29) is 24.4 Å². The van der Waals surface area contributed by atoms with Crippen LogP contribution < -0.4 is 5.32 Å². The average molecular weight is 403 g/mol. The Morgan fingerprint density at radius 2 is 2.07 bits per heavy atom. The third kappa shape index (κ3) is 4.04. The lowest BCUT2D eigenvalue weighted by atomic mass is 9.99. The quantitative estimate of drug-likeness (QED) is 0.759. The summed E-state index contributed by atoms with van der Waals surface area (Å²) in [5.74, 6) is 0.534. The van der Waals surface area contributed by atoms with E-state index in [1.165, 1.54) is 25.7 Å². The summed E-state index contributed by atoms with van der Waals surface area (Å²) in [6, 6.07) is 9.17. The van der Waals surface area contributed by atoms with Crippen molar-refractivity contribution >= 4 is 40.4 Å². The van der Waals surface area contributed by atoms with Crippen LogP contribution in [0.1, 0.15) is 55.0 Å². The molecule has 2 heterocycles. The zero-order valence-corrected chi connectivity index (χ0v) is 16.7. The maximum Gasteiger partial charge on any atom is 0.244 e. The Morgan fingerprint density at radius 1 is 1.26 bits per heavy atom. The number of carbonyl (C=O) groups excluding carboxylic acids is 2. The molecular weight excluding hydrogens is 380 g/mol. The minimum absolute atomic E-state index is 0.0447. The van der Waals surface area contributed by atoms with Crippen LogP contribution >= 0.6 is 22.9 Å². The zero-order valence-electron chi connectivity index (χ0n) is 15.1. The summed E-state index contributed by atoms with van der Waals surface area (Å²) in [7, 11) is 0. The van der Waals surface area contributed by atoms with Gasteiger partial charge in [0.25, 0.3) is 0 Å². The molecule has 4 rings (SSSR count). The van der Waals surface area contributed by atoms with Gasteiger partial charge >= 0.3 is 0 Å². The van der Waals surface area contributed by atoms with Gasteiger partial charge < -0.3 is 10.2 Å². The molecule has 1 atom stereocenters. The molecule has 2 amide bonds. The summed E-state index contributed by atoms with van der Waals surface area (Å²) in [6.45, 7) is 0.0678. The molecule has 0 bridgehead atoms. The summed E-state index contributed by atoms with van der Waals surface area (Å²) in [4.78, 5) is 28.4. The van der Waals surface area contributed by atoms with Gasteiger partial charge in [0.2, 0.25) is 11.8 Å². The highest BCUT2D eigenvalue weighted by molar-refractivity contribution is 7.10. The maximum absolute atomic E-state index is 13.2. The van der Waals surface area contributed by atoms with Gasteiger partial charge in [-0.3, -0.25) is 9.59 Å². The Balaban J connectivity index is 1.67. The molecule has 27 heavy (non-hydrogen) atoms. The predicted molar refractivity (Wildman–Crippen MR) is 109 cm³/mol. The first kappa shape index (κ1) is 18.5. The average Bonchev–Trinajstić information content (AvgIpc) is 3.33. The van der Waals surface area contributed by atoms with Crippen molar-refractivity contribution in [1.82, 2.24) is 4.90 Å². The molecule has 4 nitrogen and oxygen atoms in total. The van der Waals surface area contributed by atoms with Crippen LogP contribution in [0.15, 0.2) is 35.7 Å². The van der Waals surface area contributed by atoms with Crippen molar-refractivity contribution in [2.45, 2.75) is 44.6 Å². The first-order chi connectivity index (χ1) is 13.1. The van der Waals surface area contributed by atoms with Crippen molar-refractivity contribution in [2.75, 3.05) is 11.9 Å². The minimum atomic E-state index is -0.284. The number of nitrogens with one attached hydrogen (secondary N) is 1. The van der Waals surface area contributed by atoms with Crippen LogP contribution in [0.5, 0.6) is 0 Å². The number of benzene rings is 1. The highest BCUT2D eigenvalue weighted by Gasteiger charge is 2.34. The molecule has 1 aliphatic carbocycles. The monoisotopic (exact) mass is 402 g/mol. The van der Waals surface area contributed by atoms with Crippen LogP contribution in [-0.4, -0.2) is 23.3 Å². The summed E-state index contributed by atoms with van der Waals surface area (Å²) >= 11 is 7.85. The Kier molecular flexibility index (Phi) is 5.50. The van der Waals surface area contributed by atoms with E-state index in [4.69, 9.17) is 11.6 Å². The van der Waals surface area contributed by atoms with Gasteiger partial charge in [-0.1, -0.05) is 43.4 Å². The van der Waals surface area contributed by atoms with Gasteiger partial charge in [-0.2, -0.15) is 0 Å². The fourth-order valence-corrected chi connectivity index (χ4v) is 5.27. The van der Waals surface area contributed by atoms with E-state index in [0.29, 0.717) is 17.4 Å². The molecule has 2 aromatic rings. The molecular formula is C21H23ClN2O2S. The maximum atomic E-state index is 13.2. The molecule has 6 heteroatoms. The van der Waals surface area contributed by atoms with Crippen LogP contribution in [0.2, 0.25) is 5.02 Å². The number of halogens is 1. The van der Waals surface area contributed by atoms with Crippen LogP contribution in [-0.2, 0) is 9.59 Å². The first-order valence-corrected chi connectivity index (χ1v) is 10.8. The van der Waals surface area contributed by atoms with Gasteiger partial charge in [-0.15, -0.1) is 11.3 Å². The Hall–Kier alpha value is -1.85. The van der Waals surface area contributed by atoms with E-state index >= 15 is 0 Å². The molecule has 0 radical (unpaired) electrons. The lowest BCUT2D eigenvalue weighted by Crippen LogP contribution is -2.38. The van der Waals surface area contributed by atoms with Gasteiger partial charge in [0, 0.05) is 27.6 Å². The topological polar surface area (TPSA) is 49.4 Å². The number of carbonyl (C=O) groups is 2. The van der Waals surface area contributed by atoms with Crippen molar-refractivity contribution in [3.63, 3.8) is 0 Å². The van der Waals surface area contributed by atoms with E-state index in [2.05, 4.69) is 5.32 Å². The normalized spacial score (nSPS) is 20.3. The number of hydrogen-bond donors (Lipinski definition) is 1. The first-order valence-electron chi connectivity index (χ1n) is 9.54. The SMILES string of the molecule is O=C1CN(C(=O)CCC2CCCC2)C(c2cccs2)c2cc(Cl)ccc2N1. The third-order valence-corrected chi connectivity index (χ3v) is 6.74. The van der Waals surface area contributed by atoms with Gasteiger partial charge in [-0.05, 0) is 42.0 Å². The smallest absolute Gasteiger partial charge is 0.244 e. The second-order valence-electron chi connectivity index (χ2n) is 7.41. The molecule has 1 N–H and O–H groups in total. The van der Waals surface area contributed by atoms with E-state index in [1.807, 2.05) is 29.6 Å². The van der Waals surface area contributed by atoms with Crippen LogP contribution in [0.4, 0.5) is 5.69 Å². The summed E-state index contributed by atoms with van der Waals surface area (Å²) in [5, 5.41) is 5.54. The molecule has 1 aromatic heterocycles. The molecule has 1 aromatic carbocycles. The number of hydrogen-bond acceptors (Lipinski definition) is 3. The van der Waals surface area contributed by atoms with Gasteiger partial charge in [0.15, 0.2) is 0 Å². The van der Waals surface area contributed by atoms with E-state index < -0.39 is 0 Å². The number of rotatable bonds is 4. The molecule has 0 saturated heterocycles. The molecule has 0 spiro atoms. The number of thiophene rings is 1. The largest absolute Gasteiger partial charge is 0.324 e. The molecule has 1 saturated carbocycles. The highest BCUT2D eigenvalue weighted by atomic mass is 35.5. The van der Waals surface area contributed by atoms with E-state index in [0.717, 1.165) is 22.5 Å². The summed E-state index contributed by atoms with van der Waals surface area (Å²) in [5.41, 5.74) is 1.61. The second-order valence-corrected chi connectivity index (χ2v) is 8.82. The molecule has 142 valence electrons. The minimum Gasteiger partial charge on any atom is -0.324 e. The van der Waals surface area contributed by atoms with Crippen molar-refractivity contribution in [3.05, 3.63) is 51.2 Å².